The van der Waals surface area contributed by atoms with Crippen LogP contribution in [0.4, 0.5) is 9.18 Å². The van der Waals surface area contributed by atoms with Crippen molar-refractivity contribution in [3.8, 4) is 0 Å². The van der Waals surface area contributed by atoms with Gasteiger partial charge >= 0.3 is 23.9 Å². The molecule has 0 radical (unpaired) electrons. The van der Waals surface area contributed by atoms with Crippen molar-refractivity contribution in [2.24, 2.45) is 0 Å². The van der Waals surface area contributed by atoms with E-state index in [2.05, 4.69) is 15.6 Å². The maximum atomic E-state index is 13.1. The van der Waals surface area contributed by atoms with E-state index in [1.165, 1.54) is 0 Å². The van der Waals surface area contributed by atoms with Crippen LogP contribution in [0.5, 0.6) is 0 Å². The molecule has 0 aliphatic heterocycles. The molecule has 0 saturated carbocycles. The number of aliphatic carboxylic acids is 3. The number of hydrogen-bond donors (Lipinski definition) is 6. The number of pyridine rings is 1. The number of amides is 3. The smallest absolute Gasteiger partial charge is 0.326 e. The second-order valence-corrected chi connectivity index (χ2v) is 6.44. The third-order valence-corrected chi connectivity index (χ3v) is 4.01. The van der Waals surface area contributed by atoms with Gasteiger partial charge in [0.25, 0.3) is 5.91 Å². The summed E-state index contributed by atoms with van der Waals surface area (Å²) in [5.74, 6) is -5.24. The standard InChI is InChI=1S/C18H23FN4O8/c19-10-6-8-20-13(9-10)15(26)21-7-2-1-3-11(16(27)28)22-18(31)23-12(17(29)30)4-5-14(24)25/h6,8-9,11-12H,1-5,7H2,(H,21,26)(H,24,25)(H,27,28)(H,29,30)(H2,22,23,31)/t11-,12-/m0/s1. The van der Waals surface area contributed by atoms with E-state index in [1.54, 1.807) is 0 Å². The van der Waals surface area contributed by atoms with E-state index in [0.29, 0.717) is 6.42 Å². The molecule has 12 nitrogen and oxygen atoms in total. The molecule has 3 amide bonds. The van der Waals surface area contributed by atoms with Crippen LogP contribution in [0.2, 0.25) is 0 Å². The van der Waals surface area contributed by atoms with Crippen molar-refractivity contribution in [2.45, 2.75) is 44.2 Å². The molecular weight excluding hydrogens is 419 g/mol. The predicted octanol–water partition coefficient (Wildman–Crippen LogP) is 0.191. The predicted molar refractivity (Wildman–Crippen MR) is 102 cm³/mol. The van der Waals surface area contributed by atoms with Gasteiger partial charge in [0.05, 0.1) is 0 Å². The van der Waals surface area contributed by atoms with E-state index in [1.807, 2.05) is 5.32 Å². The van der Waals surface area contributed by atoms with E-state index >= 15 is 0 Å². The maximum Gasteiger partial charge on any atom is 0.326 e. The SMILES string of the molecule is O=C(O)CC[C@H](NC(=O)N[C@@H](CCCCNC(=O)c1cc(F)ccn1)C(=O)O)C(=O)O. The molecule has 13 heteroatoms. The molecule has 0 fully saturated rings. The molecule has 1 aromatic rings. The van der Waals surface area contributed by atoms with Crippen LogP contribution in [0.3, 0.4) is 0 Å². The summed E-state index contributed by atoms with van der Waals surface area (Å²) < 4.78 is 13.1. The lowest BCUT2D eigenvalue weighted by atomic mass is 10.1. The average Bonchev–Trinajstić information content (AvgIpc) is 2.69. The largest absolute Gasteiger partial charge is 0.481 e. The Balaban J connectivity index is 2.42. The molecule has 31 heavy (non-hydrogen) atoms. The van der Waals surface area contributed by atoms with E-state index in [9.17, 15) is 33.5 Å². The summed E-state index contributed by atoms with van der Waals surface area (Å²) >= 11 is 0. The number of carbonyl (C=O) groups is 5. The fourth-order valence-corrected chi connectivity index (χ4v) is 2.44. The first-order valence-corrected chi connectivity index (χ1v) is 9.24. The second kappa shape index (κ2) is 12.7. The minimum absolute atomic E-state index is 0.0102. The molecule has 0 spiro atoms. The Morgan fingerprint density at radius 1 is 0.968 bits per heavy atom. The van der Waals surface area contributed by atoms with Crippen molar-refractivity contribution in [3.05, 3.63) is 29.8 Å². The Bertz CT molecular complexity index is 820. The number of aromatic nitrogens is 1. The average molecular weight is 442 g/mol. The first-order valence-electron chi connectivity index (χ1n) is 9.24. The lowest BCUT2D eigenvalue weighted by Gasteiger charge is -2.18. The third-order valence-electron chi connectivity index (χ3n) is 4.01. The zero-order valence-corrected chi connectivity index (χ0v) is 16.3. The van der Waals surface area contributed by atoms with E-state index in [0.717, 1.165) is 18.3 Å². The summed E-state index contributed by atoms with van der Waals surface area (Å²) in [7, 11) is 0. The van der Waals surface area contributed by atoms with Gasteiger partial charge in [0, 0.05) is 25.2 Å². The van der Waals surface area contributed by atoms with Gasteiger partial charge in [-0.1, -0.05) is 0 Å². The van der Waals surface area contributed by atoms with Crippen molar-refractivity contribution in [3.63, 3.8) is 0 Å². The van der Waals surface area contributed by atoms with Crippen molar-refractivity contribution >= 4 is 29.8 Å². The maximum absolute atomic E-state index is 13.1. The molecular formula is C18H23FN4O8. The van der Waals surface area contributed by atoms with Crippen LogP contribution in [-0.4, -0.2) is 68.8 Å². The quantitative estimate of drug-likeness (QED) is 0.231. The molecule has 0 unspecified atom stereocenters. The molecule has 0 aliphatic rings. The van der Waals surface area contributed by atoms with Gasteiger partial charge < -0.3 is 31.3 Å². The Labute approximate surface area is 175 Å². The number of carboxylic acid groups (broad SMARTS) is 3. The summed E-state index contributed by atoms with van der Waals surface area (Å²) in [6.45, 7) is 0.159. The highest BCUT2D eigenvalue weighted by Gasteiger charge is 2.24. The summed E-state index contributed by atoms with van der Waals surface area (Å²) in [5.41, 5.74) is -0.0994. The summed E-state index contributed by atoms with van der Waals surface area (Å²) in [5, 5.41) is 33.5. The Hall–Kier alpha value is -3.77. The van der Waals surface area contributed by atoms with E-state index < -0.39 is 54.2 Å². The number of nitrogens with one attached hydrogen (secondary N) is 3. The molecule has 0 aliphatic carbocycles. The zero-order valence-electron chi connectivity index (χ0n) is 16.3. The van der Waals surface area contributed by atoms with Gasteiger partial charge in [-0.3, -0.25) is 14.6 Å². The molecule has 1 rings (SSSR count). The van der Waals surface area contributed by atoms with Crippen LogP contribution in [0.25, 0.3) is 0 Å². The highest BCUT2D eigenvalue weighted by Crippen LogP contribution is 2.04. The van der Waals surface area contributed by atoms with Crippen molar-refractivity contribution < 1.29 is 43.7 Å². The first kappa shape index (κ1) is 25.3. The number of unbranched alkanes of at least 4 members (excludes halogenated alkanes) is 1. The topological polar surface area (TPSA) is 195 Å². The molecule has 1 heterocycles. The van der Waals surface area contributed by atoms with Crippen LogP contribution >= 0.6 is 0 Å². The monoisotopic (exact) mass is 442 g/mol. The molecule has 6 N–H and O–H groups in total. The number of carboxylic acids is 3. The highest BCUT2D eigenvalue weighted by atomic mass is 19.1. The van der Waals surface area contributed by atoms with Crippen molar-refractivity contribution in [1.29, 1.82) is 0 Å². The Kier molecular flexibility index (Phi) is 10.4. The highest BCUT2D eigenvalue weighted by molar-refractivity contribution is 5.92. The van der Waals surface area contributed by atoms with Crippen molar-refractivity contribution in [1.82, 2.24) is 20.9 Å². The lowest BCUT2D eigenvalue weighted by molar-refractivity contribution is -0.140. The van der Waals surface area contributed by atoms with E-state index in [-0.39, 0.29) is 31.5 Å². The van der Waals surface area contributed by atoms with Gasteiger partial charge in [0.2, 0.25) is 0 Å². The Morgan fingerprint density at radius 3 is 2.13 bits per heavy atom. The lowest BCUT2D eigenvalue weighted by Crippen LogP contribution is -2.51. The van der Waals surface area contributed by atoms with Gasteiger partial charge in [-0.05, 0) is 31.7 Å². The molecule has 0 aromatic carbocycles. The van der Waals surface area contributed by atoms with Crippen LogP contribution in [-0.2, 0) is 14.4 Å². The van der Waals surface area contributed by atoms with Crippen LogP contribution in [0.15, 0.2) is 18.3 Å². The summed E-state index contributed by atoms with van der Waals surface area (Å²) in [6.07, 6.45) is 0.921. The van der Waals surface area contributed by atoms with Gasteiger partial charge in [-0.2, -0.15) is 0 Å². The number of hydrogen-bond acceptors (Lipinski definition) is 6. The van der Waals surface area contributed by atoms with E-state index in [4.69, 9.17) is 10.2 Å². The van der Waals surface area contributed by atoms with Crippen molar-refractivity contribution in [2.75, 3.05) is 6.54 Å². The number of carbonyl (C=O) groups excluding carboxylic acids is 2. The molecule has 1 aromatic heterocycles. The zero-order chi connectivity index (χ0) is 23.4. The fourth-order valence-electron chi connectivity index (χ4n) is 2.44. The molecule has 0 saturated heterocycles. The number of halogens is 1. The van der Waals surface area contributed by atoms with Crippen LogP contribution in [0, 0.1) is 5.82 Å². The second-order valence-electron chi connectivity index (χ2n) is 6.44. The first-order chi connectivity index (χ1) is 14.6. The van der Waals surface area contributed by atoms with Gasteiger partial charge in [0.15, 0.2) is 0 Å². The number of urea groups is 1. The normalized spacial score (nSPS) is 12.3. The van der Waals surface area contributed by atoms with Gasteiger partial charge in [0.1, 0.15) is 23.6 Å². The van der Waals surface area contributed by atoms with Gasteiger partial charge in [-0.25, -0.2) is 18.8 Å². The van der Waals surface area contributed by atoms with Crippen LogP contribution in [0.1, 0.15) is 42.6 Å². The number of rotatable bonds is 13. The molecule has 2 atom stereocenters. The molecule has 0 bridgehead atoms. The summed E-state index contributed by atoms with van der Waals surface area (Å²) in [4.78, 5) is 60.4. The Morgan fingerprint density at radius 2 is 1.58 bits per heavy atom. The third kappa shape index (κ3) is 10.0. The fraction of sp³-hybridized carbons (Fsp3) is 0.444. The number of nitrogens with zero attached hydrogens (tertiary/aromatic N) is 1. The van der Waals surface area contributed by atoms with Crippen LogP contribution < -0.4 is 16.0 Å². The molecule has 170 valence electrons. The van der Waals surface area contributed by atoms with Gasteiger partial charge in [-0.15, -0.1) is 0 Å². The minimum Gasteiger partial charge on any atom is -0.481 e. The minimum atomic E-state index is -1.49. The summed E-state index contributed by atoms with van der Waals surface area (Å²) in [6, 6.07) is -1.81.